The second kappa shape index (κ2) is 14.8. The first kappa shape index (κ1) is 33.1. The predicted molar refractivity (Wildman–Crippen MR) is 147 cm³/mol. The zero-order valence-corrected chi connectivity index (χ0v) is 24.2. The molecule has 1 aliphatic heterocycles. The molecule has 3 atom stereocenters. The zero-order valence-electron chi connectivity index (χ0n) is 24.2. The Morgan fingerprint density at radius 1 is 1.03 bits per heavy atom. The summed E-state index contributed by atoms with van der Waals surface area (Å²) in [7, 11) is 0. The lowest BCUT2D eigenvalue weighted by Crippen LogP contribution is -2.61. The fraction of sp³-hybridized carbons (Fsp3) is 0.741. The van der Waals surface area contributed by atoms with Crippen molar-refractivity contribution in [3.8, 4) is 0 Å². The quantitative estimate of drug-likeness (QED) is 0.166. The van der Waals surface area contributed by atoms with Gasteiger partial charge in [-0.15, -0.1) is 6.58 Å². The van der Waals surface area contributed by atoms with E-state index in [9.17, 15) is 24.0 Å². The number of ketones is 1. The summed E-state index contributed by atoms with van der Waals surface area (Å²) in [5, 5.41) is 14.0. The van der Waals surface area contributed by atoms with E-state index in [1.807, 2.05) is 48.5 Å². The summed E-state index contributed by atoms with van der Waals surface area (Å²) >= 11 is 0. The standard InChI is InChI=1S/C27H48N6O5/c1-9-14-29-23(36)19(34)16-30-22(35)18-13-12-15-33(18)24(37)21(27(7,8)10-2)32-25(38)31-20(17-28-11-3)26(4,5)6/h9,18,20-21,28H,1,10-17H2,2-8H3,(H,29,36)(H,30,35)(H2,31,32,38)/t18-,20+,21+/m0/s1. The summed E-state index contributed by atoms with van der Waals surface area (Å²) in [6.45, 7) is 18.7. The fourth-order valence-electron chi connectivity index (χ4n) is 4.09. The molecule has 1 aliphatic rings. The van der Waals surface area contributed by atoms with Gasteiger partial charge in [0.25, 0.3) is 5.91 Å². The molecule has 0 saturated carbocycles. The van der Waals surface area contributed by atoms with Gasteiger partial charge in [-0.1, -0.05) is 54.5 Å². The van der Waals surface area contributed by atoms with E-state index in [0.717, 1.165) is 6.54 Å². The van der Waals surface area contributed by atoms with E-state index in [-0.39, 0.29) is 23.9 Å². The number of carbonyl (C=O) groups excluding carboxylic acids is 5. The average Bonchev–Trinajstić information content (AvgIpc) is 3.35. The highest BCUT2D eigenvalue weighted by molar-refractivity contribution is 6.37. The fourth-order valence-corrected chi connectivity index (χ4v) is 4.09. The third-order valence-corrected chi connectivity index (χ3v) is 7.09. The van der Waals surface area contributed by atoms with Gasteiger partial charge in [0.1, 0.15) is 12.1 Å². The third kappa shape index (κ3) is 9.74. The molecule has 1 fully saturated rings. The van der Waals surface area contributed by atoms with Gasteiger partial charge in [-0.2, -0.15) is 0 Å². The molecule has 11 nitrogen and oxygen atoms in total. The summed E-state index contributed by atoms with van der Waals surface area (Å²) in [5.41, 5.74) is -0.798. The topological polar surface area (TPSA) is 149 Å². The van der Waals surface area contributed by atoms with Crippen LogP contribution in [0.25, 0.3) is 0 Å². The van der Waals surface area contributed by atoms with Gasteiger partial charge < -0.3 is 31.5 Å². The van der Waals surface area contributed by atoms with E-state index in [4.69, 9.17) is 0 Å². The molecule has 0 aromatic rings. The highest BCUT2D eigenvalue weighted by Gasteiger charge is 2.43. The van der Waals surface area contributed by atoms with Crippen LogP contribution < -0.4 is 26.6 Å². The molecule has 11 heteroatoms. The van der Waals surface area contributed by atoms with Gasteiger partial charge in [-0.25, -0.2) is 4.79 Å². The van der Waals surface area contributed by atoms with Crippen LogP contribution in [0.2, 0.25) is 0 Å². The highest BCUT2D eigenvalue weighted by Crippen LogP contribution is 2.29. The van der Waals surface area contributed by atoms with Crippen LogP contribution in [0, 0.1) is 10.8 Å². The lowest BCUT2D eigenvalue weighted by molar-refractivity contribution is -0.142. The first-order chi connectivity index (χ1) is 17.7. The number of likely N-dealkylation sites (tertiary alicyclic amines) is 1. The van der Waals surface area contributed by atoms with Crippen molar-refractivity contribution >= 4 is 29.5 Å². The Hall–Kier alpha value is -2.95. The Morgan fingerprint density at radius 3 is 2.24 bits per heavy atom. The summed E-state index contributed by atoms with van der Waals surface area (Å²) in [4.78, 5) is 65.0. The minimum Gasteiger partial charge on any atom is -0.347 e. The normalized spacial score (nSPS) is 17.2. The number of amides is 5. The average molecular weight is 537 g/mol. The monoisotopic (exact) mass is 536 g/mol. The number of Topliss-reactive ketones (excluding diaryl/α,β-unsaturated/α-hetero) is 1. The van der Waals surface area contributed by atoms with Gasteiger partial charge in [-0.05, 0) is 36.6 Å². The molecule has 216 valence electrons. The molecule has 38 heavy (non-hydrogen) atoms. The summed E-state index contributed by atoms with van der Waals surface area (Å²) in [6.07, 6.45) is 3.09. The Morgan fingerprint density at radius 2 is 1.68 bits per heavy atom. The Balaban J connectivity index is 2.98. The van der Waals surface area contributed by atoms with Gasteiger partial charge in [0.05, 0.1) is 6.54 Å². The summed E-state index contributed by atoms with van der Waals surface area (Å²) < 4.78 is 0. The lowest BCUT2D eigenvalue weighted by atomic mass is 9.81. The molecule has 0 spiro atoms. The van der Waals surface area contributed by atoms with E-state index in [1.54, 1.807) is 0 Å². The van der Waals surface area contributed by atoms with Crippen molar-refractivity contribution in [3.63, 3.8) is 0 Å². The maximum Gasteiger partial charge on any atom is 0.315 e. The number of nitrogens with one attached hydrogen (secondary N) is 5. The maximum atomic E-state index is 13.8. The number of urea groups is 1. The molecule has 1 heterocycles. The molecule has 0 radical (unpaired) electrons. The van der Waals surface area contributed by atoms with Gasteiger partial charge in [0, 0.05) is 25.7 Å². The second-order valence-corrected chi connectivity index (χ2v) is 11.4. The van der Waals surface area contributed by atoms with Crippen molar-refractivity contribution in [2.45, 2.75) is 85.9 Å². The molecule has 1 saturated heterocycles. The zero-order chi connectivity index (χ0) is 29.1. The van der Waals surface area contributed by atoms with Gasteiger partial charge >= 0.3 is 6.03 Å². The van der Waals surface area contributed by atoms with Gasteiger partial charge in [-0.3, -0.25) is 19.2 Å². The molecule has 5 N–H and O–H groups in total. The maximum absolute atomic E-state index is 13.8. The van der Waals surface area contributed by atoms with Crippen LogP contribution in [0.15, 0.2) is 12.7 Å². The van der Waals surface area contributed by atoms with Crippen LogP contribution in [-0.4, -0.2) is 85.3 Å². The van der Waals surface area contributed by atoms with E-state index < -0.39 is 47.7 Å². The van der Waals surface area contributed by atoms with Crippen molar-refractivity contribution in [1.82, 2.24) is 31.5 Å². The number of hydrogen-bond donors (Lipinski definition) is 5. The number of carbonyl (C=O) groups is 5. The SMILES string of the molecule is C=CCNC(=O)C(=O)CNC(=O)[C@@H]1CCCN1C(=O)[C@@H](NC(=O)N[C@H](CNCC)C(C)(C)C)C(C)(C)CC. The number of rotatable bonds is 14. The third-order valence-electron chi connectivity index (χ3n) is 7.09. The van der Waals surface area contributed by atoms with E-state index in [1.165, 1.54) is 11.0 Å². The minimum atomic E-state index is -0.869. The van der Waals surface area contributed by atoms with Crippen molar-refractivity contribution < 1.29 is 24.0 Å². The van der Waals surface area contributed by atoms with Crippen molar-refractivity contribution in [2.24, 2.45) is 10.8 Å². The van der Waals surface area contributed by atoms with E-state index in [2.05, 4.69) is 33.2 Å². The lowest BCUT2D eigenvalue weighted by Gasteiger charge is -2.38. The van der Waals surface area contributed by atoms with Crippen LogP contribution in [0.4, 0.5) is 4.79 Å². The highest BCUT2D eigenvalue weighted by atomic mass is 16.2. The molecule has 5 amide bonds. The van der Waals surface area contributed by atoms with Gasteiger partial charge in [0.2, 0.25) is 17.6 Å². The first-order valence-electron chi connectivity index (χ1n) is 13.5. The predicted octanol–water partition coefficient (Wildman–Crippen LogP) is 1.09. The molecular weight excluding hydrogens is 488 g/mol. The van der Waals surface area contributed by atoms with Crippen molar-refractivity contribution in [3.05, 3.63) is 12.7 Å². The summed E-state index contributed by atoms with van der Waals surface area (Å²) in [6, 6.07) is -2.27. The van der Waals surface area contributed by atoms with E-state index in [0.29, 0.717) is 32.4 Å². The molecular formula is C27H48N6O5. The largest absolute Gasteiger partial charge is 0.347 e. The Labute approximate surface area is 227 Å². The Bertz CT molecular complexity index is 867. The first-order valence-corrected chi connectivity index (χ1v) is 13.5. The molecule has 0 bridgehead atoms. The van der Waals surface area contributed by atoms with Crippen LogP contribution in [0.5, 0.6) is 0 Å². The smallest absolute Gasteiger partial charge is 0.315 e. The minimum absolute atomic E-state index is 0.143. The van der Waals surface area contributed by atoms with Crippen molar-refractivity contribution in [1.29, 1.82) is 0 Å². The van der Waals surface area contributed by atoms with E-state index >= 15 is 0 Å². The molecule has 0 aromatic carbocycles. The summed E-state index contributed by atoms with van der Waals surface area (Å²) in [5.74, 6) is -2.45. The second-order valence-electron chi connectivity index (χ2n) is 11.4. The molecule has 0 unspecified atom stereocenters. The van der Waals surface area contributed by atoms with Crippen molar-refractivity contribution in [2.75, 3.05) is 32.7 Å². The Kier molecular flexibility index (Phi) is 12.9. The van der Waals surface area contributed by atoms with Crippen LogP contribution >= 0.6 is 0 Å². The van der Waals surface area contributed by atoms with Gasteiger partial charge in [0.15, 0.2) is 0 Å². The number of likely N-dealkylation sites (N-methyl/N-ethyl adjacent to an activating group) is 1. The molecule has 1 rings (SSSR count). The molecule has 0 aromatic heterocycles. The van der Waals surface area contributed by atoms with Crippen LogP contribution in [0.1, 0.15) is 67.7 Å². The van der Waals surface area contributed by atoms with Crippen LogP contribution in [-0.2, 0) is 19.2 Å². The number of nitrogens with zero attached hydrogens (tertiary/aromatic N) is 1. The number of hydrogen-bond acceptors (Lipinski definition) is 6. The molecule has 0 aliphatic carbocycles. The van der Waals surface area contributed by atoms with Crippen LogP contribution in [0.3, 0.4) is 0 Å².